The fourth-order valence-electron chi connectivity index (χ4n) is 4.74. The summed E-state index contributed by atoms with van der Waals surface area (Å²) >= 11 is 0. The SMILES string of the molecule is Cc1ccc(NC(=O)c2cc(-c3cccn4c(-c5ccnc6ccccc56)ncc34)ccc2C(F)(F)F)cc1. The summed E-state index contributed by atoms with van der Waals surface area (Å²) in [5.74, 6) is -0.160. The van der Waals surface area contributed by atoms with Crippen LogP contribution in [0.1, 0.15) is 21.5 Å². The molecular formula is C31H21F3N4O. The van der Waals surface area contributed by atoms with Crippen molar-refractivity contribution in [1.29, 1.82) is 0 Å². The number of rotatable bonds is 4. The first-order valence-corrected chi connectivity index (χ1v) is 12.2. The van der Waals surface area contributed by atoms with Gasteiger partial charge in [0.15, 0.2) is 0 Å². The largest absolute Gasteiger partial charge is 0.417 e. The van der Waals surface area contributed by atoms with Crippen LogP contribution in [0.4, 0.5) is 18.9 Å². The summed E-state index contributed by atoms with van der Waals surface area (Å²) in [6, 6.07) is 23.7. The van der Waals surface area contributed by atoms with Gasteiger partial charge in [-0.15, -0.1) is 0 Å². The van der Waals surface area contributed by atoms with E-state index in [1.165, 1.54) is 12.1 Å². The van der Waals surface area contributed by atoms with E-state index >= 15 is 0 Å². The molecule has 192 valence electrons. The second kappa shape index (κ2) is 9.40. The van der Waals surface area contributed by atoms with Gasteiger partial charge in [-0.3, -0.25) is 14.2 Å². The molecule has 0 aliphatic rings. The first kappa shape index (κ1) is 24.4. The molecule has 0 saturated carbocycles. The molecule has 39 heavy (non-hydrogen) atoms. The van der Waals surface area contributed by atoms with Crippen molar-refractivity contribution in [3.63, 3.8) is 0 Å². The summed E-state index contributed by atoms with van der Waals surface area (Å²) < 4.78 is 43.6. The summed E-state index contributed by atoms with van der Waals surface area (Å²) in [6.07, 6.45) is 0.559. The standard InChI is InChI=1S/C31H21F3N4O/c1-19-8-11-21(12-9-19)37-30(39)25-17-20(10-13-26(25)31(32,33)34)22-6-4-16-38-28(22)18-36-29(38)24-14-15-35-27-7-3-2-5-23(24)27/h2-18H,1H3,(H,37,39). The Bertz CT molecular complexity index is 1850. The molecule has 1 N–H and O–H groups in total. The highest BCUT2D eigenvalue weighted by Gasteiger charge is 2.35. The Morgan fingerprint density at radius 1 is 0.872 bits per heavy atom. The Morgan fingerprint density at radius 2 is 1.67 bits per heavy atom. The van der Waals surface area contributed by atoms with Crippen molar-refractivity contribution in [3.8, 4) is 22.5 Å². The first-order chi connectivity index (χ1) is 18.8. The molecule has 3 heterocycles. The van der Waals surface area contributed by atoms with Gasteiger partial charge < -0.3 is 5.32 Å². The maximum atomic E-state index is 13.9. The molecular weight excluding hydrogens is 501 g/mol. The molecule has 0 fully saturated rings. The number of amides is 1. The van der Waals surface area contributed by atoms with Crippen molar-refractivity contribution in [3.05, 3.63) is 120 Å². The van der Waals surface area contributed by atoms with Gasteiger partial charge in [-0.05, 0) is 55.0 Å². The number of benzene rings is 3. The molecule has 0 aliphatic heterocycles. The van der Waals surface area contributed by atoms with E-state index in [-0.39, 0.29) is 0 Å². The molecule has 6 rings (SSSR count). The summed E-state index contributed by atoms with van der Waals surface area (Å²) in [4.78, 5) is 22.2. The number of anilines is 1. The second-order valence-electron chi connectivity index (χ2n) is 9.21. The maximum absolute atomic E-state index is 13.9. The fraction of sp³-hybridized carbons (Fsp3) is 0.0645. The predicted molar refractivity (Wildman–Crippen MR) is 145 cm³/mol. The van der Waals surface area contributed by atoms with Gasteiger partial charge in [-0.25, -0.2) is 4.98 Å². The van der Waals surface area contributed by atoms with E-state index in [1.54, 1.807) is 48.8 Å². The minimum Gasteiger partial charge on any atom is -0.322 e. The van der Waals surface area contributed by atoms with Gasteiger partial charge in [0.1, 0.15) is 5.82 Å². The van der Waals surface area contributed by atoms with E-state index in [0.29, 0.717) is 28.2 Å². The van der Waals surface area contributed by atoms with Crippen LogP contribution in [0, 0.1) is 6.92 Å². The number of hydrogen-bond donors (Lipinski definition) is 1. The van der Waals surface area contributed by atoms with Crippen molar-refractivity contribution in [2.45, 2.75) is 13.1 Å². The number of pyridine rings is 2. The molecule has 0 unspecified atom stereocenters. The van der Waals surface area contributed by atoms with Crippen molar-refractivity contribution >= 4 is 28.0 Å². The van der Waals surface area contributed by atoms with Crippen LogP contribution >= 0.6 is 0 Å². The van der Waals surface area contributed by atoms with Gasteiger partial charge in [0.2, 0.25) is 0 Å². The lowest BCUT2D eigenvalue weighted by Crippen LogP contribution is -2.19. The van der Waals surface area contributed by atoms with Crippen LogP contribution in [0.3, 0.4) is 0 Å². The molecule has 6 aromatic rings. The molecule has 1 amide bonds. The van der Waals surface area contributed by atoms with Crippen LogP contribution < -0.4 is 5.32 Å². The van der Waals surface area contributed by atoms with Crippen molar-refractivity contribution in [2.75, 3.05) is 5.32 Å². The Labute approximate surface area is 221 Å². The molecule has 0 radical (unpaired) electrons. The third-order valence-corrected chi connectivity index (χ3v) is 6.65. The van der Waals surface area contributed by atoms with Gasteiger partial charge >= 0.3 is 6.18 Å². The third kappa shape index (κ3) is 4.50. The maximum Gasteiger partial charge on any atom is 0.417 e. The summed E-state index contributed by atoms with van der Waals surface area (Å²) in [5.41, 5.74) is 3.44. The highest BCUT2D eigenvalue weighted by atomic mass is 19.4. The van der Waals surface area contributed by atoms with Gasteiger partial charge in [-0.2, -0.15) is 13.2 Å². The molecule has 0 atom stereocenters. The van der Waals surface area contributed by atoms with Crippen LogP contribution in [-0.2, 0) is 6.18 Å². The molecule has 0 saturated heterocycles. The number of carbonyl (C=O) groups is 1. The molecule has 3 aromatic heterocycles. The van der Waals surface area contributed by atoms with Crippen LogP contribution in [0.25, 0.3) is 38.9 Å². The van der Waals surface area contributed by atoms with Crippen LogP contribution in [0.2, 0.25) is 0 Å². The minimum absolute atomic E-state index is 0.413. The third-order valence-electron chi connectivity index (χ3n) is 6.65. The zero-order valence-electron chi connectivity index (χ0n) is 20.7. The number of nitrogens with one attached hydrogen (secondary N) is 1. The summed E-state index contributed by atoms with van der Waals surface area (Å²) in [5, 5.41) is 3.53. The average molecular weight is 523 g/mol. The highest BCUT2D eigenvalue weighted by Crippen LogP contribution is 2.37. The Hall–Kier alpha value is -4.98. The number of carbonyl (C=O) groups excluding carboxylic acids is 1. The number of nitrogens with zero attached hydrogens (tertiary/aromatic N) is 3. The number of alkyl halides is 3. The van der Waals surface area contributed by atoms with E-state index in [0.717, 1.165) is 28.1 Å². The highest BCUT2D eigenvalue weighted by molar-refractivity contribution is 6.06. The zero-order chi connectivity index (χ0) is 27.1. The van der Waals surface area contributed by atoms with Crippen molar-refractivity contribution in [2.24, 2.45) is 0 Å². The van der Waals surface area contributed by atoms with Gasteiger partial charge in [-0.1, -0.05) is 48.0 Å². The number of aromatic nitrogens is 3. The number of aryl methyl sites for hydroxylation is 1. The van der Waals surface area contributed by atoms with Crippen LogP contribution in [0.5, 0.6) is 0 Å². The van der Waals surface area contributed by atoms with Crippen molar-refractivity contribution in [1.82, 2.24) is 14.4 Å². The number of hydrogen-bond acceptors (Lipinski definition) is 3. The van der Waals surface area contributed by atoms with E-state index < -0.39 is 23.2 Å². The van der Waals surface area contributed by atoms with E-state index in [9.17, 15) is 18.0 Å². The number of fused-ring (bicyclic) bond motifs is 2. The molecule has 0 spiro atoms. The van der Waals surface area contributed by atoms with Gasteiger partial charge in [0.05, 0.1) is 28.4 Å². The van der Waals surface area contributed by atoms with E-state index in [4.69, 9.17) is 0 Å². The lowest BCUT2D eigenvalue weighted by atomic mass is 9.98. The van der Waals surface area contributed by atoms with Crippen LogP contribution in [-0.4, -0.2) is 20.3 Å². The molecule has 3 aromatic carbocycles. The fourth-order valence-corrected chi connectivity index (χ4v) is 4.74. The van der Waals surface area contributed by atoms with Gasteiger partial charge in [0, 0.05) is 34.6 Å². The number of imidazole rings is 1. The second-order valence-corrected chi connectivity index (χ2v) is 9.21. The monoisotopic (exact) mass is 522 g/mol. The number of halogens is 3. The van der Waals surface area contributed by atoms with Gasteiger partial charge in [0.25, 0.3) is 5.91 Å². The summed E-state index contributed by atoms with van der Waals surface area (Å²) in [6.45, 7) is 1.89. The lowest BCUT2D eigenvalue weighted by molar-refractivity contribution is -0.137. The lowest BCUT2D eigenvalue weighted by Gasteiger charge is -2.15. The Morgan fingerprint density at radius 3 is 2.46 bits per heavy atom. The molecule has 0 aliphatic carbocycles. The number of para-hydroxylation sites is 1. The summed E-state index contributed by atoms with van der Waals surface area (Å²) in [7, 11) is 0. The zero-order valence-corrected chi connectivity index (χ0v) is 20.7. The smallest absolute Gasteiger partial charge is 0.322 e. The molecule has 8 heteroatoms. The molecule has 0 bridgehead atoms. The Balaban J connectivity index is 1.46. The predicted octanol–water partition coefficient (Wildman–Crippen LogP) is 7.80. The van der Waals surface area contributed by atoms with E-state index in [2.05, 4.69) is 15.3 Å². The normalized spacial score (nSPS) is 11.7. The minimum atomic E-state index is -4.70. The molecule has 5 nitrogen and oxygen atoms in total. The topological polar surface area (TPSA) is 59.3 Å². The quantitative estimate of drug-likeness (QED) is 0.257. The van der Waals surface area contributed by atoms with E-state index in [1.807, 2.05) is 47.9 Å². The Kier molecular flexibility index (Phi) is 5.87. The van der Waals surface area contributed by atoms with Crippen LogP contribution in [0.15, 0.2) is 104 Å². The average Bonchev–Trinajstić information content (AvgIpc) is 3.37. The first-order valence-electron chi connectivity index (χ1n) is 12.2. The van der Waals surface area contributed by atoms with Crippen molar-refractivity contribution < 1.29 is 18.0 Å².